The van der Waals surface area contributed by atoms with Crippen molar-refractivity contribution < 1.29 is 4.74 Å². The Kier molecular flexibility index (Phi) is 1.26. The summed E-state index contributed by atoms with van der Waals surface area (Å²) in [6.45, 7) is 4.46. The van der Waals surface area contributed by atoms with Crippen LogP contribution in [-0.4, -0.2) is 13.2 Å². The van der Waals surface area contributed by atoms with Crippen molar-refractivity contribution in [1.82, 2.24) is 0 Å². The fourth-order valence-corrected chi connectivity index (χ4v) is 2.18. The Morgan fingerprint density at radius 2 is 1.67 bits per heavy atom. The Balaban J connectivity index is 2.10. The molecule has 2 unspecified atom stereocenters. The van der Waals surface area contributed by atoms with E-state index in [4.69, 9.17) is 4.74 Å². The van der Waals surface area contributed by atoms with E-state index in [2.05, 4.69) is 6.92 Å². The highest BCUT2D eigenvalue weighted by Gasteiger charge is 2.36. The topological polar surface area (TPSA) is 9.23 Å². The van der Waals surface area contributed by atoms with Gasteiger partial charge in [-0.15, -0.1) is 0 Å². The second-order valence-corrected chi connectivity index (χ2v) is 3.49. The molecule has 1 saturated carbocycles. The van der Waals surface area contributed by atoms with Gasteiger partial charge < -0.3 is 4.74 Å². The van der Waals surface area contributed by atoms with E-state index in [1.54, 1.807) is 0 Å². The van der Waals surface area contributed by atoms with Crippen LogP contribution in [0.15, 0.2) is 0 Å². The summed E-state index contributed by atoms with van der Waals surface area (Å²) in [6.07, 6.45) is 2.84. The molecule has 52 valence electrons. The predicted octanol–water partition coefficient (Wildman–Crippen LogP) is 1.68. The lowest BCUT2D eigenvalue weighted by Crippen LogP contribution is -2.26. The smallest absolute Gasteiger partial charge is 0.0497 e. The molecule has 0 aromatic heterocycles. The average molecular weight is 126 g/mol. The van der Waals surface area contributed by atoms with E-state index in [1.165, 1.54) is 12.8 Å². The van der Waals surface area contributed by atoms with Crippen molar-refractivity contribution in [2.75, 3.05) is 13.2 Å². The molecule has 1 saturated heterocycles. The predicted molar refractivity (Wildman–Crippen MR) is 36.2 cm³/mol. The summed E-state index contributed by atoms with van der Waals surface area (Å²) in [5.74, 6) is 2.77. The minimum atomic E-state index is 0.906. The van der Waals surface area contributed by atoms with E-state index in [-0.39, 0.29) is 0 Å². The molecule has 0 aromatic rings. The van der Waals surface area contributed by atoms with Crippen molar-refractivity contribution in [3.63, 3.8) is 0 Å². The first kappa shape index (κ1) is 5.72. The first-order valence-electron chi connectivity index (χ1n) is 3.95. The van der Waals surface area contributed by atoms with E-state index < -0.39 is 0 Å². The molecule has 0 aromatic carbocycles. The third-order valence-corrected chi connectivity index (χ3v) is 3.06. The molecule has 1 nitrogen and oxygen atoms in total. The maximum absolute atomic E-state index is 5.43. The summed E-state index contributed by atoms with van der Waals surface area (Å²) < 4.78 is 5.43. The number of fused-ring (bicyclic) bond motifs is 2. The Bertz CT molecular complexity index is 95.1. The summed E-state index contributed by atoms with van der Waals surface area (Å²) >= 11 is 0. The number of hydrogen-bond donors (Lipinski definition) is 0. The van der Waals surface area contributed by atoms with Crippen LogP contribution in [0, 0.1) is 17.8 Å². The molecule has 2 aliphatic rings. The van der Waals surface area contributed by atoms with Gasteiger partial charge in [0.25, 0.3) is 0 Å². The van der Waals surface area contributed by atoms with Crippen molar-refractivity contribution in [1.29, 1.82) is 0 Å². The summed E-state index contributed by atoms with van der Waals surface area (Å²) in [4.78, 5) is 0. The molecule has 0 spiro atoms. The normalized spacial score (nSPS) is 49.7. The van der Waals surface area contributed by atoms with Gasteiger partial charge in [0.05, 0.1) is 0 Å². The van der Waals surface area contributed by atoms with Crippen LogP contribution in [0.5, 0.6) is 0 Å². The van der Waals surface area contributed by atoms with Crippen LogP contribution < -0.4 is 0 Å². The first-order valence-corrected chi connectivity index (χ1v) is 3.95. The Morgan fingerprint density at radius 3 is 2.11 bits per heavy atom. The molecule has 0 N–H and O–H groups in total. The van der Waals surface area contributed by atoms with Crippen LogP contribution in [0.1, 0.15) is 19.8 Å². The molecule has 1 aliphatic carbocycles. The lowest BCUT2D eigenvalue weighted by atomic mass is 9.90. The molecule has 1 heterocycles. The van der Waals surface area contributed by atoms with Gasteiger partial charge in [0.1, 0.15) is 0 Å². The van der Waals surface area contributed by atoms with E-state index >= 15 is 0 Å². The maximum atomic E-state index is 5.43. The summed E-state index contributed by atoms with van der Waals surface area (Å²) in [5, 5.41) is 0. The Labute approximate surface area is 56.4 Å². The van der Waals surface area contributed by atoms with Crippen molar-refractivity contribution in [3.8, 4) is 0 Å². The van der Waals surface area contributed by atoms with Gasteiger partial charge in [0.2, 0.25) is 0 Å². The van der Waals surface area contributed by atoms with Gasteiger partial charge in [-0.3, -0.25) is 0 Å². The minimum Gasteiger partial charge on any atom is -0.381 e. The van der Waals surface area contributed by atoms with Crippen molar-refractivity contribution in [3.05, 3.63) is 0 Å². The van der Waals surface area contributed by atoms with Crippen LogP contribution in [-0.2, 0) is 4.74 Å². The highest BCUT2D eigenvalue weighted by Crippen LogP contribution is 2.40. The van der Waals surface area contributed by atoms with Crippen molar-refractivity contribution in [2.24, 2.45) is 17.8 Å². The van der Waals surface area contributed by atoms with Crippen LogP contribution in [0.2, 0.25) is 0 Å². The monoisotopic (exact) mass is 126 g/mol. The van der Waals surface area contributed by atoms with Crippen LogP contribution >= 0.6 is 0 Å². The quantitative estimate of drug-likeness (QED) is 0.480. The molecule has 0 radical (unpaired) electrons. The minimum absolute atomic E-state index is 0.906. The highest BCUT2D eigenvalue weighted by atomic mass is 16.5. The van der Waals surface area contributed by atoms with Gasteiger partial charge in [0, 0.05) is 13.2 Å². The standard InChI is InChI=1S/C8H14O/c1-6-7-2-3-8(6)5-9-4-7/h6-8H,2-5H2,1H3. The third kappa shape index (κ3) is 0.787. The second-order valence-electron chi connectivity index (χ2n) is 3.49. The lowest BCUT2D eigenvalue weighted by molar-refractivity contribution is 0.0137. The highest BCUT2D eigenvalue weighted by molar-refractivity contribution is 4.84. The summed E-state index contributed by atoms with van der Waals surface area (Å²) in [6, 6.07) is 0. The van der Waals surface area contributed by atoms with Gasteiger partial charge in [-0.2, -0.15) is 0 Å². The van der Waals surface area contributed by atoms with Gasteiger partial charge >= 0.3 is 0 Å². The maximum Gasteiger partial charge on any atom is 0.0497 e. The zero-order chi connectivity index (χ0) is 6.27. The number of rotatable bonds is 0. The third-order valence-electron chi connectivity index (χ3n) is 3.06. The molecular formula is C8H14O. The summed E-state index contributed by atoms with van der Waals surface area (Å²) in [7, 11) is 0. The van der Waals surface area contributed by atoms with Crippen molar-refractivity contribution >= 4 is 0 Å². The molecule has 2 bridgehead atoms. The lowest BCUT2D eigenvalue weighted by Gasteiger charge is -2.26. The van der Waals surface area contributed by atoms with Gasteiger partial charge in [0.15, 0.2) is 0 Å². The average Bonchev–Trinajstić information content (AvgIpc) is 2.19. The van der Waals surface area contributed by atoms with E-state index in [0.29, 0.717) is 0 Å². The summed E-state index contributed by atoms with van der Waals surface area (Å²) in [5.41, 5.74) is 0. The molecule has 9 heavy (non-hydrogen) atoms. The number of ether oxygens (including phenoxy) is 1. The fourth-order valence-electron chi connectivity index (χ4n) is 2.18. The molecule has 1 aliphatic heterocycles. The van der Waals surface area contributed by atoms with Crippen LogP contribution in [0.25, 0.3) is 0 Å². The van der Waals surface area contributed by atoms with E-state index in [9.17, 15) is 0 Å². The molecule has 1 heteroatoms. The van der Waals surface area contributed by atoms with Crippen LogP contribution in [0.3, 0.4) is 0 Å². The van der Waals surface area contributed by atoms with E-state index in [0.717, 1.165) is 31.0 Å². The number of hydrogen-bond acceptors (Lipinski definition) is 1. The molecule has 2 rings (SSSR count). The molecule has 2 atom stereocenters. The Hall–Kier alpha value is -0.0400. The zero-order valence-corrected chi connectivity index (χ0v) is 5.97. The molecule has 0 amide bonds. The largest absolute Gasteiger partial charge is 0.381 e. The van der Waals surface area contributed by atoms with E-state index in [1.807, 2.05) is 0 Å². The van der Waals surface area contributed by atoms with Crippen molar-refractivity contribution in [2.45, 2.75) is 19.8 Å². The van der Waals surface area contributed by atoms with Gasteiger partial charge in [-0.05, 0) is 30.6 Å². The van der Waals surface area contributed by atoms with Crippen LogP contribution in [0.4, 0.5) is 0 Å². The van der Waals surface area contributed by atoms with Gasteiger partial charge in [-0.25, -0.2) is 0 Å². The molecular weight excluding hydrogens is 112 g/mol. The Morgan fingerprint density at radius 1 is 1.11 bits per heavy atom. The molecule has 2 fully saturated rings. The second kappa shape index (κ2) is 1.98. The fraction of sp³-hybridized carbons (Fsp3) is 1.00. The zero-order valence-electron chi connectivity index (χ0n) is 5.97. The van der Waals surface area contributed by atoms with Gasteiger partial charge in [-0.1, -0.05) is 6.92 Å². The SMILES string of the molecule is CC1C2CCC1COC2. The first-order chi connectivity index (χ1) is 4.38.